The molecule has 3 aliphatic heterocycles. The summed E-state index contributed by atoms with van der Waals surface area (Å²) in [6.45, 7) is 11.8. The highest BCUT2D eigenvalue weighted by Gasteiger charge is 2.44. The lowest BCUT2D eigenvalue weighted by molar-refractivity contribution is -0.119. The summed E-state index contributed by atoms with van der Waals surface area (Å²) in [5.41, 5.74) is -0.192. The number of allylic oxidation sites excluding steroid dienone is 4. The van der Waals surface area contributed by atoms with Gasteiger partial charge in [-0.25, -0.2) is 9.59 Å². The van der Waals surface area contributed by atoms with E-state index >= 15 is 0 Å². The number of Topliss-reactive ketones (excluding diaryl/α,β-unsaturated/α-hetero) is 2. The number of carbonyl (C=O) groups is 4. The largest absolute Gasteiger partial charge is 0.444 e. The van der Waals surface area contributed by atoms with Gasteiger partial charge in [-0.3, -0.25) is 9.59 Å². The van der Waals surface area contributed by atoms with E-state index in [4.69, 9.17) is 9.47 Å². The van der Waals surface area contributed by atoms with Crippen LogP contribution < -0.4 is 0 Å². The molecule has 0 aromatic rings. The predicted molar refractivity (Wildman–Crippen MR) is 134 cm³/mol. The molecule has 2 aliphatic carbocycles. The average molecular weight is 501 g/mol. The van der Waals surface area contributed by atoms with Crippen molar-refractivity contribution in [2.45, 2.75) is 103 Å². The van der Waals surface area contributed by atoms with Crippen molar-refractivity contribution >= 4 is 23.8 Å². The van der Waals surface area contributed by atoms with Gasteiger partial charge < -0.3 is 19.3 Å². The Morgan fingerprint density at radius 2 is 1.08 bits per heavy atom. The van der Waals surface area contributed by atoms with Gasteiger partial charge in [0.2, 0.25) is 0 Å². The molecule has 0 radical (unpaired) electrons. The second kappa shape index (κ2) is 9.67. The van der Waals surface area contributed by atoms with Crippen molar-refractivity contribution in [1.29, 1.82) is 0 Å². The third-order valence-electron chi connectivity index (χ3n) is 7.28. The maximum Gasteiger partial charge on any atom is 0.410 e. The molecule has 198 valence electrons. The van der Waals surface area contributed by atoms with Gasteiger partial charge >= 0.3 is 12.2 Å². The lowest BCUT2D eigenvalue weighted by atomic mass is 9.76. The molecule has 36 heavy (non-hydrogen) atoms. The second-order valence-electron chi connectivity index (χ2n) is 12.6. The standard InChI is InChI=1S/C28H40N2O6/c1-27(2,3)35-25(33)29-15-20-12-18-8-10-24(32)22(14-18)21-13-17(7-9-23(21)31)11-19(29)16-30(20)26(34)36-28(4,5)6/h13-14,17-20H,7-12,15-16H2,1-6H3/t17-,18-,19+,20+/m1/s1. The van der Waals surface area contributed by atoms with E-state index in [0.717, 1.165) is 0 Å². The number of ether oxygens (including phenoxy) is 2. The maximum absolute atomic E-state index is 13.4. The van der Waals surface area contributed by atoms with Gasteiger partial charge in [0.25, 0.3) is 0 Å². The van der Waals surface area contributed by atoms with E-state index in [1.165, 1.54) is 0 Å². The van der Waals surface area contributed by atoms with Crippen LogP contribution >= 0.6 is 0 Å². The fraction of sp³-hybridized carbons (Fsp3) is 0.714. The Hall–Kier alpha value is -2.64. The SMILES string of the molecule is CC(C)(C)OC(=O)N1C[C@@H]2C[C@@H]3C=C(C(=O)CC3)C3=C[C@H](CCC3=O)C[C@H]1CN2C(=O)OC(C)(C)C. The van der Waals surface area contributed by atoms with Crippen molar-refractivity contribution in [3.8, 4) is 0 Å². The van der Waals surface area contributed by atoms with Crippen LogP contribution in [0.15, 0.2) is 23.3 Å². The van der Waals surface area contributed by atoms with Gasteiger partial charge in [-0.15, -0.1) is 0 Å². The summed E-state index contributed by atoms with van der Waals surface area (Å²) in [6.07, 6.45) is 6.33. The normalized spacial score (nSPS) is 29.1. The Labute approximate surface area is 214 Å². The summed E-state index contributed by atoms with van der Waals surface area (Å²) in [5, 5.41) is 0. The number of hydrogen-bond donors (Lipinski definition) is 0. The second-order valence-corrected chi connectivity index (χ2v) is 12.6. The number of hydrogen-bond acceptors (Lipinski definition) is 6. The minimum Gasteiger partial charge on any atom is -0.444 e. The molecule has 2 amide bonds. The number of piperazine rings is 1. The lowest BCUT2D eigenvalue weighted by Gasteiger charge is -2.48. The zero-order valence-corrected chi connectivity index (χ0v) is 22.5. The highest BCUT2D eigenvalue weighted by molar-refractivity contribution is 6.13. The molecule has 0 N–H and O–H groups in total. The summed E-state index contributed by atoms with van der Waals surface area (Å²) < 4.78 is 11.5. The minimum atomic E-state index is -0.642. The predicted octanol–water partition coefficient (Wildman–Crippen LogP) is 4.82. The number of fused-ring (bicyclic) bond motifs is 2. The first kappa shape index (κ1) is 26.4. The Morgan fingerprint density at radius 3 is 1.42 bits per heavy atom. The molecule has 5 rings (SSSR count). The quantitative estimate of drug-likeness (QED) is 0.474. The van der Waals surface area contributed by atoms with Gasteiger partial charge in [-0.2, -0.15) is 0 Å². The van der Waals surface area contributed by atoms with E-state index < -0.39 is 11.2 Å². The summed E-state index contributed by atoms with van der Waals surface area (Å²) in [7, 11) is 0. The lowest BCUT2D eigenvalue weighted by Crippen LogP contribution is -2.63. The smallest absolute Gasteiger partial charge is 0.410 e. The first-order chi connectivity index (χ1) is 16.7. The molecular weight excluding hydrogens is 460 g/mol. The molecule has 6 bridgehead atoms. The molecule has 4 atom stereocenters. The number of carbonyl (C=O) groups excluding carboxylic acids is 4. The fourth-order valence-electron chi connectivity index (χ4n) is 5.72. The summed E-state index contributed by atoms with van der Waals surface area (Å²) >= 11 is 0. The van der Waals surface area contributed by atoms with E-state index in [-0.39, 0.29) is 47.7 Å². The van der Waals surface area contributed by atoms with Gasteiger partial charge in [0.1, 0.15) is 11.2 Å². The Morgan fingerprint density at radius 1 is 0.722 bits per heavy atom. The van der Waals surface area contributed by atoms with E-state index in [2.05, 4.69) is 0 Å². The molecule has 1 saturated heterocycles. The number of nitrogens with zero attached hydrogens (tertiary/aromatic N) is 2. The van der Waals surface area contributed by atoms with Crippen molar-refractivity contribution in [2.75, 3.05) is 13.1 Å². The van der Waals surface area contributed by atoms with Gasteiger partial charge in [0.05, 0.1) is 12.1 Å². The molecule has 0 aromatic carbocycles. The molecular formula is C28H40N2O6. The molecule has 1 fully saturated rings. The Bertz CT molecular complexity index is 918. The molecule has 0 saturated carbocycles. The summed E-state index contributed by atoms with van der Waals surface area (Å²) in [4.78, 5) is 55.9. The van der Waals surface area contributed by atoms with Crippen molar-refractivity contribution in [1.82, 2.24) is 9.80 Å². The third-order valence-corrected chi connectivity index (χ3v) is 7.28. The van der Waals surface area contributed by atoms with E-state index in [0.29, 0.717) is 62.8 Å². The third kappa shape index (κ3) is 6.01. The topological polar surface area (TPSA) is 93.2 Å². The monoisotopic (exact) mass is 500 g/mol. The molecule has 8 heteroatoms. The number of ketones is 2. The van der Waals surface area contributed by atoms with Crippen LogP contribution in [0.5, 0.6) is 0 Å². The van der Waals surface area contributed by atoms with Crippen LogP contribution in [-0.4, -0.2) is 69.9 Å². The molecule has 0 unspecified atom stereocenters. The van der Waals surface area contributed by atoms with Gasteiger partial charge in [-0.05, 0) is 79.1 Å². The minimum absolute atomic E-state index is 0.0122. The molecule has 5 aliphatic rings. The van der Waals surface area contributed by atoms with E-state index in [1.807, 2.05) is 53.7 Å². The van der Waals surface area contributed by atoms with Crippen LogP contribution in [0.25, 0.3) is 0 Å². The van der Waals surface area contributed by atoms with E-state index in [1.54, 1.807) is 9.80 Å². The highest BCUT2D eigenvalue weighted by Crippen LogP contribution is 2.38. The Balaban J connectivity index is 1.75. The molecule has 8 nitrogen and oxygen atoms in total. The molecule has 3 heterocycles. The van der Waals surface area contributed by atoms with Gasteiger partial charge in [0.15, 0.2) is 11.6 Å². The van der Waals surface area contributed by atoms with Gasteiger partial charge in [-0.1, -0.05) is 12.2 Å². The van der Waals surface area contributed by atoms with Crippen LogP contribution in [0.3, 0.4) is 0 Å². The maximum atomic E-state index is 13.4. The first-order valence-electron chi connectivity index (χ1n) is 13.2. The van der Waals surface area contributed by atoms with Gasteiger partial charge in [0, 0.05) is 37.1 Å². The van der Waals surface area contributed by atoms with Crippen LogP contribution in [0.2, 0.25) is 0 Å². The van der Waals surface area contributed by atoms with Crippen LogP contribution in [0, 0.1) is 11.8 Å². The van der Waals surface area contributed by atoms with Crippen LogP contribution in [0.4, 0.5) is 9.59 Å². The zero-order valence-electron chi connectivity index (χ0n) is 22.5. The molecule has 0 aromatic heterocycles. The average Bonchev–Trinajstić information content (AvgIpc) is 2.74. The highest BCUT2D eigenvalue weighted by atomic mass is 16.6. The molecule has 0 spiro atoms. The zero-order chi connectivity index (χ0) is 26.4. The van der Waals surface area contributed by atoms with Crippen molar-refractivity contribution in [3.05, 3.63) is 23.3 Å². The van der Waals surface area contributed by atoms with Crippen molar-refractivity contribution in [2.24, 2.45) is 11.8 Å². The number of amides is 2. The van der Waals surface area contributed by atoms with Crippen LogP contribution in [-0.2, 0) is 19.1 Å². The summed E-state index contributed by atoms with van der Waals surface area (Å²) in [5.74, 6) is 0.0672. The van der Waals surface area contributed by atoms with Crippen molar-refractivity contribution in [3.63, 3.8) is 0 Å². The van der Waals surface area contributed by atoms with Crippen LogP contribution in [0.1, 0.15) is 80.1 Å². The summed E-state index contributed by atoms with van der Waals surface area (Å²) in [6, 6.07) is -0.577. The van der Waals surface area contributed by atoms with E-state index in [9.17, 15) is 19.2 Å². The number of rotatable bonds is 0. The van der Waals surface area contributed by atoms with Crippen molar-refractivity contribution < 1.29 is 28.7 Å². The fourth-order valence-corrected chi connectivity index (χ4v) is 5.72. The Kier molecular flexibility index (Phi) is 7.10. The first-order valence-corrected chi connectivity index (χ1v) is 13.2.